The minimum absolute atomic E-state index is 0. The van der Waals surface area contributed by atoms with E-state index in [1.54, 1.807) is 0 Å². The molecule has 1 saturated heterocycles. The van der Waals surface area contributed by atoms with E-state index in [1.807, 2.05) is 26.0 Å². The van der Waals surface area contributed by atoms with Crippen LogP contribution in [0.4, 0.5) is 0 Å². The molecule has 0 bridgehead atoms. The largest absolute Gasteiger partial charge is 0.494 e. The van der Waals surface area contributed by atoms with E-state index in [1.165, 1.54) is 5.56 Å². The molecule has 1 fully saturated rings. The summed E-state index contributed by atoms with van der Waals surface area (Å²) >= 11 is 0. The van der Waals surface area contributed by atoms with E-state index in [2.05, 4.69) is 39.6 Å². The van der Waals surface area contributed by atoms with Crippen LogP contribution >= 0.6 is 24.0 Å². The predicted molar refractivity (Wildman–Crippen MR) is 133 cm³/mol. The number of aliphatic hydroxyl groups is 1. The van der Waals surface area contributed by atoms with Crippen molar-refractivity contribution in [3.63, 3.8) is 0 Å². The number of nitrogens with one attached hydrogen (secondary N) is 2. The zero-order valence-corrected chi connectivity index (χ0v) is 21.0. The van der Waals surface area contributed by atoms with Crippen molar-refractivity contribution in [2.45, 2.75) is 39.2 Å². The number of guanidine groups is 1. The Morgan fingerprint density at radius 2 is 1.90 bits per heavy atom. The van der Waals surface area contributed by atoms with Gasteiger partial charge in [-0.25, -0.2) is 0 Å². The lowest BCUT2D eigenvalue weighted by Gasteiger charge is -2.33. The van der Waals surface area contributed by atoms with E-state index in [0.29, 0.717) is 19.7 Å². The molecule has 0 aliphatic carbocycles. The monoisotopic (exact) mass is 534 g/mol. The lowest BCUT2D eigenvalue weighted by Crippen LogP contribution is -2.48. The molecule has 1 unspecified atom stereocenters. The Hall–Kier alpha value is -1.10. The minimum Gasteiger partial charge on any atom is -0.494 e. The molecule has 3 N–H and O–H groups in total. The third-order valence-electron chi connectivity index (χ3n) is 4.74. The van der Waals surface area contributed by atoms with Gasteiger partial charge < -0.3 is 25.2 Å². The molecule has 0 aromatic heterocycles. The fourth-order valence-electron chi connectivity index (χ4n) is 3.14. The van der Waals surface area contributed by atoms with Gasteiger partial charge in [0.25, 0.3) is 0 Å². The second-order valence-corrected chi connectivity index (χ2v) is 7.88. The van der Waals surface area contributed by atoms with Crippen LogP contribution in [-0.4, -0.2) is 80.7 Å². The van der Waals surface area contributed by atoms with Gasteiger partial charge in [-0.2, -0.15) is 0 Å². The predicted octanol–water partition coefficient (Wildman–Crippen LogP) is 2.41. The van der Waals surface area contributed by atoms with Gasteiger partial charge in [-0.05, 0) is 45.7 Å². The number of aliphatic imine (C=N–C) groups is 1. The highest BCUT2D eigenvalue weighted by Gasteiger charge is 2.25. The first-order chi connectivity index (χ1) is 14.0. The fourth-order valence-corrected chi connectivity index (χ4v) is 3.14. The third kappa shape index (κ3) is 11.3. The fraction of sp³-hybridized carbons (Fsp3) is 0.682. The summed E-state index contributed by atoms with van der Waals surface area (Å²) in [5, 5.41) is 17.3. The maximum Gasteiger partial charge on any atom is 0.191 e. The van der Waals surface area contributed by atoms with E-state index in [0.717, 1.165) is 63.9 Å². The molecule has 1 heterocycles. The maximum absolute atomic E-state index is 10.7. The van der Waals surface area contributed by atoms with Crippen LogP contribution in [0.1, 0.15) is 32.3 Å². The number of benzene rings is 1. The van der Waals surface area contributed by atoms with Crippen LogP contribution in [0.2, 0.25) is 0 Å². The van der Waals surface area contributed by atoms with E-state index >= 15 is 0 Å². The van der Waals surface area contributed by atoms with Crippen LogP contribution in [0, 0.1) is 6.92 Å². The van der Waals surface area contributed by atoms with Crippen LogP contribution in [0.15, 0.2) is 29.3 Å². The molecule has 1 aliphatic heterocycles. The van der Waals surface area contributed by atoms with Crippen molar-refractivity contribution in [2.75, 3.05) is 59.1 Å². The number of nitrogens with zero attached hydrogens (tertiary/aromatic N) is 2. The Morgan fingerprint density at radius 3 is 2.57 bits per heavy atom. The standard InChI is InChI=1S/C22H38N4O3.HI/c1-4-23-21(25-17-22(3,27)18-26-12-15-28-16-13-26)24-11-5-6-14-29-20-9-7-19(2)8-10-20;/h7-10,27H,4-6,11-18H2,1-3H3,(H2,23,24,25);1H. The smallest absolute Gasteiger partial charge is 0.191 e. The Morgan fingerprint density at radius 1 is 1.20 bits per heavy atom. The van der Waals surface area contributed by atoms with Gasteiger partial charge in [-0.15, -0.1) is 24.0 Å². The molecule has 0 saturated carbocycles. The lowest BCUT2D eigenvalue weighted by atomic mass is 10.1. The summed E-state index contributed by atoms with van der Waals surface area (Å²) < 4.78 is 11.1. The Kier molecular flexibility index (Phi) is 13.3. The highest BCUT2D eigenvalue weighted by molar-refractivity contribution is 14.0. The number of rotatable bonds is 11. The molecule has 1 atom stereocenters. The first-order valence-corrected chi connectivity index (χ1v) is 10.7. The molecule has 7 nitrogen and oxygen atoms in total. The van der Waals surface area contributed by atoms with Gasteiger partial charge in [0.05, 0.1) is 32.0 Å². The summed E-state index contributed by atoms with van der Waals surface area (Å²) in [5.41, 5.74) is 0.377. The molecule has 8 heteroatoms. The van der Waals surface area contributed by atoms with Gasteiger partial charge in [-0.3, -0.25) is 9.89 Å². The molecule has 0 spiro atoms. The van der Waals surface area contributed by atoms with Gasteiger partial charge >= 0.3 is 0 Å². The molecular formula is C22H39IN4O3. The number of aryl methyl sites for hydroxylation is 1. The van der Waals surface area contributed by atoms with Gasteiger partial charge in [0.15, 0.2) is 5.96 Å². The average Bonchev–Trinajstić information content (AvgIpc) is 2.70. The van der Waals surface area contributed by atoms with E-state index in [4.69, 9.17) is 9.47 Å². The van der Waals surface area contributed by atoms with Crippen molar-refractivity contribution in [1.82, 2.24) is 15.5 Å². The molecular weight excluding hydrogens is 495 g/mol. The zero-order valence-electron chi connectivity index (χ0n) is 18.7. The maximum atomic E-state index is 10.7. The number of unbranched alkanes of at least 4 members (excludes halogenated alkanes) is 1. The molecule has 0 radical (unpaired) electrons. The van der Waals surface area contributed by atoms with Crippen molar-refractivity contribution in [1.29, 1.82) is 0 Å². The highest BCUT2D eigenvalue weighted by Crippen LogP contribution is 2.12. The van der Waals surface area contributed by atoms with E-state index < -0.39 is 5.60 Å². The average molecular weight is 534 g/mol. The van der Waals surface area contributed by atoms with Crippen LogP contribution in [0.3, 0.4) is 0 Å². The van der Waals surface area contributed by atoms with E-state index in [9.17, 15) is 5.11 Å². The number of morpholine rings is 1. The van der Waals surface area contributed by atoms with Crippen molar-refractivity contribution in [3.05, 3.63) is 29.8 Å². The van der Waals surface area contributed by atoms with Gasteiger partial charge in [0.2, 0.25) is 0 Å². The summed E-state index contributed by atoms with van der Waals surface area (Å²) in [6.45, 7) is 12.4. The number of β-amino-alcohol motifs (C(OH)–C–C–N with tert-alkyl or cyclic N) is 1. The van der Waals surface area contributed by atoms with Crippen molar-refractivity contribution in [2.24, 2.45) is 4.99 Å². The topological polar surface area (TPSA) is 78.4 Å². The molecule has 1 aromatic carbocycles. The molecule has 2 rings (SSSR count). The first-order valence-electron chi connectivity index (χ1n) is 10.7. The Labute approximate surface area is 198 Å². The first kappa shape index (κ1) is 26.9. The summed E-state index contributed by atoms with van der Waals surface area (Å²) in [7, 11) is 0. The summed E-state index contributed by atoms with van der Waals surface area (Å²) in [5.74, 6) is 1.66. The number of hydrogen-bond acceptors (Lipinski definition) is 5. The van der Waals surface area contributed by atoms with Gasteiger partial charge in [-0.1, -0.05) is 17.7 Å². The molecule has 1 aliphatic rings. The quantitative estimate of drug-likeness (QED) is 0.175. The minimum atomic E-state index is -0.860. The molecule has 30 heavy (non-hydrogen) atoms. The van der Waals surface area contributed by atoms with Crippen LogP contribution < -0.4 is 15.4 Å². The van der Waals surface area contributed by atoms with Crippen molar-refractivity contribution in [3.8, 4) is 5.75 Å². The van der Waals surface area contributed by atoms with Crippen molar-refractivity contribution < 1.29 is 14.6 Å². The summed E-state index contributed by atoms with van der Waals surface area (Å²) in [4.78, 5) is 6.81. The van der Waals surface area contributed by atoms with Crippen LogP contribution in [-0.2, 0) is 4.74 Å². The molecule has 1 aromatic rings. The Bertz CT molecular complexity index is 605. The van der Waals surface area contributed by atoms with E-state index in [-0.39, 0.29) is 24.0 Å². The zero-order chi connectivity index (χ0) is 21.0. The molecule has 172 valence electrons. The van der Waals surface area contributed by atoms with Crippen molar-refractivity contribution >= 4 is 29.9 Å². The SMILES string of the molecule is CCNC(=NCC(C)(O)CN1CCOCC1)NCCCCOc1ccc(C)cc1.I. The third-order valence-corrected chi connectivity index (χ3v) is 4.74. The number of halogens is 1. The second kappa shape index (κ2) is 14.8. The second-order valence-electron chi connectivity index (χ2n) is 7.88. The number of hydrogen-bond donors (Lipinski definition) is 3. The highest BCUT2D eigenvalue weighted by atomic mass is 127. The normalized spacial score (nSPS) is 17.0. The summed E-state index contributed by atoms with van der Waals surface area (Å²) in [6, 6.07) is 8.13. The Balaban J connectivity index is 0.00000450. The molecule has 0 amide bonds. The van der Waals surface area contributed by atoms with Crippen LogP contribution in [0.5, 0.6) is 5.75 Å². The van der Waals surface area contributed by atoms with Gasteiger partial charge in [0.1, 0.15) is 5.75 Å². The number of ether oxygens (including phenoxy) is 2. The van der Waals surface area contributed by atoms with Crippen LogP contribution in [0.25, 0.3) is 0 Å². The van der Waals surface area contributed by atoms with Gasteiger partial charge in [0, 0.05) is 32.7 Å². The summed E-state index contributed by atoms with van der Waals surface area (Å²) in [6.07, 6.45) is 1.95. The lowest BCUT2D eigenvalue weighted by molar-refractivity contribution is -0.0179.